The molecule has 190 valence electrons. The normalized spacial score (nSPS) is 29.8. The Morgan fingerprint density at radius 1 is 1.15 bits per heavy atom. The molecule has 1 heterocycles. The van der Waals surface area contributed by atoms with Gasteiger partial charge in [0.05, 0.1) is 38.4 Å². The first-order chi connectivity index (χ1) is 16.4. The molecule has 2 aliphatic rings. The first-order valence-corrected chi connectivity index (χ1v) is 12.1. The first-order valence-electron chi connectivity index (χ1n) is 12.1. The highest BCUT2D eigenvalue weighted by atomic mass is 16.7. The fourth-order valence-corrected chi connectivity index (χ4v) is 4.95. The van der Waals surface area contributed by atoms with E-state index in [4.69, 9.17) is 18.9 Å². The van der Waals surface area contributed by atoms with E-state index in [1.807, 2.05) is 42.5 Å². The Bertz CT molecular complexity index is 785. The van der Waals surface area contributed by atoms with Crippen LogP contribution in [0.25, 0.3) is 0 Å². The van der Waals surface area contributed by atoms with E-state index in [-0.39, 0.29) is 25.2 Å². The summed E-state index contributed by atoms with van der Waals surface area (Å²) >= 11 is 0. The molecule has 1 aromatic rings. The highest BCUT2D eigenvalue weighted by molar-refractivity contribution is 5.84. The zero-order valence-corrected chi connectivity index (χ0v) is 20.3. The molecule has 1 aliphatic carbocycles. The second-order valence-electron chi connectivity index (χ2n) is 9.32. The van der Waals surface area contributed by atoms with Gasteiger partial charge in [0.25, 0.3) is 0 Å². The Morgan fingerprint density at radius 3 is 2.65 bits per heavy atom. The molecule has 1 saturated heterocycles. The smallest absolute Gasteiger partial charge is 0.226 e. The number of rotatable bonds is 14. The molecule has 1 amide bonds. The summed E-state index contributed by atoms with van der Waals surface area (Å²) in [5.41, 5.74) is -1.89. The third-order valence-corrected chi connectivity index (χ3v) is 7.04. The minimum absolute atomic E-state index is 0.0326. The number of carbonyl (C=O) groups is 1. The zero-order chi connectivity index (χ0) is 24.4. The van der Waals surface area contributed by atoms with Crippen LogP contribution in [0.1, 0.15) is 38.2 Å². The van der Waals surface area contributed by atoms with Crippen LogP contribution in [-0.4, -0.2) is 73.7 Å². The van der Waals surface area contributed by atoms with Crippen LogP contribution in [0.15, 0.2) is 42.5 Å². The molecular weight excluding hydrogens is 438 g/mol. The molecular formula is C26H39NO7. The van der Waals surface area contributed by atoms with Gasteiger partial charge in [-0.15, -0.1) is 0 Å². The monoisotopic (exact) mass is 477 g/mol. The topological polar surface area (TPSA) is 106 Å². The van der Waals surface area contributed by atoms with Gasteiger partial charge in [0.15, 0.2) is 0 Å². The van der Waals surface area contributed by atoms with Gasteiger partial charge >= 0.3 is 0 Å². The Hall–Kier alpha value is -1.81. The molecule has 0 saturated carbocycles. The molecule has 8 heteroatoms. The number of ether oxygens (including phenoxy) is 4. The van der Waals surface area contributed by atoms with E-state index in [0.29, 0.717) is 32.8 Å². The quantitative estimate of drug-likeness (QED) is 0.214. The van der Waals surface area contributed by atoms with E-state index >= 15 is 0 Å². The maximum atomic E-state index is 13.1. The lowest BCUT2D eigenvalue weighted by Crippen LogP contribution is -2.68. The molecule has 8 nitrogen and oxygen atoms in total. The van der Waals surface area contributed by atoms with E-state index in [2.05, 4.69) is 5.32 Å². The molecule has 0 bridgehead atoms. The van der Waals surface area contributed by atoms with E-state index in [0.717, 1.165) is 24.8 Å². The summed E-state index contributed by atoms with van der Waals surface area (Å²) in [6, 6.07) is 9.79. The summed E-state index contributed by atoms with van der Waals surface area (Å²) in [4.78, 5) is 13.1. The molecule has 0 aromatic heterocycles. The second-order valence-corrected chi connectivity index (χ2v) is 9.32. The van der Waals surface area contributed by atoms with E-state index in [9.17, 15) is 15.0 Å². The second kappa shape index (κ2) is 12.8. The minimum atomic E-state index is -1.56. The number of aliphatic hydroxyl groups is 2. The maximum Gasteiger partial charge on any atom is 0.226 e. The SMILES string of the molecule is COCCOCOC[C@]1([C@@H](O)[C@@H]2C=CCCC2)NC(=O)[C@H](CCOCc2ccccc2)[C@]1(C)O. The van der Waals surface area contributed by atoms with Crippen LogP contribution in [0.4, 0.5) is 0 Å². The predicted octanol–water partition coefficient (Wildman–Crippen LogP) is 2.18. The maximum absolute atomic E-state index is 13.1. The Kier molecular flexibility index (Phi) is 10.1. The highest BCUT2D eigenvalue weighted by Crippen LogP contribution is 2.44. The lowest BCUT2D eigenvalue weighted by molar-refractivity contribution is -0.157. The Balaban J connectivity index is 1.68. The lowest BCUT2D eigenvalue weighted by Gasteiger charge is -2.46. The van der Waals surface area contributed by atoms with E-state index in [1.165, 1.54) is 0 Å². The molecule has 34 heavy (non-hydrogen) atoms. The molecule has 1 aromatic carbocycles. The Morgan fingerprint density at radius 2 is 1.94 bits per heavy atom. The summed E-state index contributed by atoms with van der Waals surface area (Å²) < 4.78 is 21.9. The van der Waals surface area contributed by atoms with Gasteiger partial charge in [0.2, 0.25) is 5.91 Å². The van der Waals surface area contributed by atoms with Gasteiger partial charge in [-0.25, -0.2) is 0 Å². The molecule has 0 spiro atoms. The number of nitrogens with one attached hydrogen (secondary N) is 1. The standard InChI is InChI=1S/C26H39NO7/c1-25(30)22(13-14-32-17-20-9-5-3-6-10-20)24(29)27-26(25,18-34-19-33-16-15-31-2)23(28)21-11-7-4-8-12-21/h3,5-7,9-11,21-23,28,30H,4,8,12-19H2,1-2H3,(H,27,29)/t21-,22+,23+,25+,26-/m1/s1. The molecule has 5 atom stereocenters. The van der Waals surface area contributed by atoms with Crippen LogP contribution in [-0.2, 0) is 30.3 Å². The van der Waals surface area contributed by atoms with Crippen molar-refractivity contribution >= 4 is 5.91 Å². The number of methoxy groups -OCH3 is 1. The van der Waals surface area contributed by atoms with Crippen LogP contribution in [0, 0.1) is 11.8 Å². The molecule has 1 fully saturated rings. The lowest BCUT2D eigenvalue weighted by atomic mass is 9.68. The van der Waals surface area contributed by atoms with E-state index < -0.39 is 23.2 Å². The van der Waals surface area contributed by atoms with Gasteiger partial charge in [-0.05, 0) is 38.2 Å². The highest BCUT2D eigenvalue weighted by Gasteiger charge is 2.65. The van der Waals surface area contributed by atoms with Crippen LogP contribution in [0.5, 0.6) is 0 Å². The third kappa shape index (κ3) is 6.24. The summed E-state index contributed by atoms with van der Waals surface area (Å²) in [7, 11) is 1.59. The fourth-order valence-electron chi connectivity index (χ4n) is 4.95. The van der Waals surface area contributed by atoms with Crippen LogP contribution >= 0.6 is 0 Å². The molecule has 0 radical (unpaired) electrons. The summed E-state index contributed by atoms with van der Waals surface area (Å²) in [6.07, 6.45) is 6.01. The largest absolute Gasteiger partial charge is 0.390 e. The van der Waals surface area contributed by atoms with Gasteiger partial charge in [-0.3, -0.25) is 4.79 Å². The van der Waals surface area contributed by atoms with Crippen LogP contribution in [0.3, 0.4) is 0 Å². The van der Waals surface area contributed by atoms with E-state index in [1.54, 1.807) is 14.0 Å². The molecule has 1 aliphatic heterocycles. The van der Waals surface area contributed by atoms with Gasteiger partial charge in [-0.2, -0.15) is 0 Å². The van der Waals surface area contributed by atoms with Crippen molar-refractivity contribution in [3.8, 4) is 0 Å². The minimum Gasteiger partial charge on any atom is -0.390 e. The summed E-state index contributed by atoms with van der Waals surface area (Å²) in [6.45, 7) is 3.03. The van der Waals surface area contributed by atoms with Crippen molar-refractivity contribution in [1.29, 1.82) is 0 Å². The number of aliphatic hydroxyl groups excluding tert-OH is 1. The number of amides is 1. The first kappa shape index (κ1) is 26.8. The summed E-state index contributed by atoms with van der Waals surface area (Å²) in [5, 5.41) is 26.1. The molecule has 3 rings (SSSR count). The van der Waals surface area contributed by atoms with Gasteiger partial charge < -0.3 is 34.5 Å². The Labute approximate surface area is 202 Å². The van der Waals surface area contributed by atoms with Crippen molar-refractivity contribution in [2.45, 2.75) is 56.5 Å². The zero-order valence-electron chi connectivity index (χ0n) is 20.3. The fraction of sp³-hybridized carbons (Fsp3) is 0.654. The number of hydrogen-bond donors (Lipinski definition) is 3. The molecule has 0 unspecified atom stereocenters. The number of hydrogen-bond acceptors (Lipinski definition) is 7. The van der Waals surface area contributed by atoms with Crippen molar-refractivity contribution in [3.05, 3.63) is 48.0 Å². The van der Waals surface area contributed by atoms with Crippen molar-refractivity contribution < 1.29 is 34.0 Å². The average molecular weight is 478 g/mol. The number of allylic oxidation sites excluding steroid dienone is 1. The van der Waals surface area contributed by atoms with Crippen molar-refractivity contribution in [3.63, 3.8) is 0 Å². The molecule has 3 N–H and O–H groups in total. The van der Waals surface area contributed by atoms with Gasteiger partial charge in [0, 0.05) is 19.6 Å². The predicted molar refractivity (Wildman–Crippen MR) is 127 cm³/mol. The number of benzene rings is 1. The average Bonchev–Trinajstić information content (AvgIpc) is 3.04. The third-order valence-electron chi connectivity index (χ3n) is 7.04. The summed E-state index contributed by atoms with van der Waals surface area (Å²) in [5.74, 6) is -1.24. The van der Waals surface area contributed by atoms with Gasteiger partial charge in [0.1, 0.15) is 17.9 Å². The van der Waals surface area contributed by atoms with Crippen molar-refractivity contribution in [2.24, 2.45) is 11.8 Å². The van der Waals surface area contributed by atoms with Crippen molar-refractivity contribution in [2.75, 3.05) is 40.3 Å². The van der Waals surface area contributed by atoms with Crippen LogP contribution in [0.2, 0.25) is 0 Å². The number of carbonyl (C=O) groups excluding carboxylic acids is 1. The van der Waals surface area contributed by atoms with Crippen LogP contribution < -0.4 is 5.32 Å². The van der Waals surface area contributed by atoms with Crippen molar-refractivity contribution in [1.82, 2.24) is 5.32 Å². The van der Waals surface area contributed by atoms with Gasteiger partial charge in [-0.1, -0.05) is 42.5 Å².